The van der Waals surface area contributed by atoms with Crippen molar-refractivity contribution in [2.45, 2.75) is 65.3 Å². The number of carbonyl (C=O) groups is 2. The largest absolute Gasteiger partial charge is 0.342 e. The first-order valence-electron chi connectivity index (χ1n) is 10.2. The fraction of sp³-hybridized carbons (Fsp3) is 0.636. The van der Waals surface area contributed by atoms with Gasteiger partial charge < -0.3 is 9.80 Å². The van der Waals surface area contributed by atoms with E-state index in [9.17, 15) is 14.0 Å². The van der Waals surface area contributed by atoms with E-state index >= 15 is 0 Å². The van der Waals surface area contributed by atoms with Crippen molar-refractivity contribution in [3.63, 3.8) is 0 Å². The van der Waals surface area contributed by atoms with Gasteiger partial charge in [0.1, 0.15) is 5.82 Å². The van der Waals surface area contributed by atoms with Gasteiger partial charge in [-0.1, -0.05) is 31.9 Å². The Bertz CT molecular complexity index is 615. The number of benzene rings is 1. The van der Waals surface area contributed by atoms with Gasteiger partial charge in [0, 0.05) is 25.7 Å². The third-order valence-electron chi connectivity index (χ3n) is 5.30. The summed E-state index contributed by atoms with van der Waals surface area (Å²) in [4.78, 5) is 29.5. The molecule has 5 heteroatoms. The van der Waals surface area contributed by atoms with E-state index in [4.69, 9.17) is 0 Å². The number of halogens is 1. The summed E-state index contributed by atoms with van der Waals surface area (Å²) in [5, 5.41) is 0. The Morgan fingerprint density at radius 3 is 2.56 bits per heavy atom. The first kappa shape index (κ1) is 21.4. The second-order valence-electron chi connectivity index (χ2n) is 7.81. The van der Waals surface area contributed by atoms with E-state index < -0.39 is 0 Å². The molecule has 0 aromatic heterocycles. The average Bonchev–Trinajstić information content (AvgIpc) is 2.66. The first-order valence-corrected chi connectivity index (χ1v) is 10.2. The molecule has 0 N–H and O–H groups in total. The summed E-state index contributed by atoms with van der Waals surface area (Å²) < 4.78 is 13.0. The molecule has 2 amide bonds. The van der Waals surface area contributed by atoms with Crippen LogP contribution in [0.2, 0.25) is 0 Å². The summed E-state index contributed by atoms with van der Waals surface area (Å²) in [5.74, 6) is -0.215. The second kappa shape index (κ2) is 10.4. The molecule has 27 heavy (non-hydrogen) atoms. The predicted molar refractivity (Wildman–Crippen MR) is 106 cm³/mol. The van der Waals surface area contributed by atoms with Crippen molar-refractivity contribution in [3.8, 4) is 0 Å². The number of carbonyl (C=O) groups excluding carboxylic acids is 2. The van der Waals surface area contributed by atoms with Crippen LogP contribution in [0, 0.1) is 11.7 Å². The lowest BCUT2D eigenvalue weighted by Crippen LogP contribution is -2.49. The van der Waals surface area contributed by atoms with E-state index in [0.29, 0.717) is 13.1 Å². The van der Waals surface area contributed by atoms with Crippen LogP contribution in [-0.4, -0.2) is 47.3 Å². The molecule has 1 heterocycles. The van der Waals surface area contributed by atoms with Crippen LogP contribution < -0.4 is 0 Å². The highest BCUT2D eigenvalue weighted by Crippen LogP contribution is 2.21. The molecule has 1 aliphatic rings. The van der Waals surface area contributed by atoms with Crippen molar-refractivity contribution < 1.29 is 14.0 Å². The van der Waals surface area contributed by atoms with Crippen LogP contribution >= 0.6 is 0 Å². The van der Waals surface area contributed by atoms with Gasteiger partial charge in [0.25, 0.3) is 0 Å². The molecule has 4 nitrogen and oxygen atoms in total. The zero-order valence-corrected chi connectivity index (χ0v) is 16.9. The lowest BCUT2D eigenvalue weighted by molar-refractivity contribution is -0.142. The standard InChI is InChI=1S/C22H33FN2O2/c1-4-5-6-14-25(17(2)3)22(27)19-8-7-13-24(16-19)21(26)15-18-9-11-20(23)12-10-18/h9-12,17,19H,4-8,13-16H2,1-3H3. The Labute approximate surface area is 162 Å². The third kappa shape index (κ3) is 6.33. The van der Waals surface area contributed by atoms with Gasteiger partial charge in [-0.2, -0.15) is 0 Å². The molecule has 1 aromatic carbocycles. The number of hydrogen-bond acceptors (Lipinski definition) is 2. The number of nitrogens with zero attached hydrogens (tertiary/aromatic N) is 2. The van der Waals surface area contributed by atoms with Crippen molar-refractivity contribution >= 4 is 11.8 Å². The molecule has 1 aliphatic heterocycles. The molecule has 1 aromatic rings. The van der Waals surface area contributed by atoms with Gasteiger partial charge in [-0.3, -0.25) is 9.59 Å². The van der Waals surface area contributed by atoms with E-state index in [0.717, 1.165) is 44.2 Å². The maximum atomic E-state index is 13.0. The summed E-state index contributed by atoms with van der Waals surface area (Å²) in [5.41, 5.74) is 0.804. The lowest BCUT2D eigenvalue weighted by Gasteiger charge is -2.36. The summed E-state index contributed by atoms with van der Waals surface area (Å²) in [6, 6.07) is 6.23. The lowest BCUT2D eigenvalue weighted by atomic mass is 9.95. The molecule has 1 atom stereocenters. The Morgan fingerprint density at radius 2 is 1.93 bits per heavy atom. The number of unbranched alkanes of at least 4 members (excludes halogenated alkanes) is 2. The highest BCUT2D eigenvalue weighted by atomic mass is 19.1. The minimum atomic E-state index is -0.299. The molecule has 0 spiro atoms. The minimum Gasteiger partial charge on any atom is -0.342 e. The smallest absolute Gasteiger partial charge is 0.227 e. The highest BCUT2D eigenvalue weighted by molar-refractivity contribution is 5.82. The van der Waals surface area contributed by atoms with E-state index in [1.54, 1.807) is 17.0 Å². The van der Waals surface area contributed by atoms with Crippen LogP contribution in [0.4, 0.5) is 4.39 Å². The number of likely N-dealkylation sites (tertiary alicyclic amines) is 1. The van der Waals surface area contributed by atoms with E-state index in [2.05, 4.69) is 20.8 Å². The number of amides is 2. The normalized spacial score (nSPS) is 17.2. The predicted octanol–water partition coefficient (Wildman–Crippen LogP) is 4.03. The fourth-order valence-corrected chi connectivity index (χ4v) is 3.68. The second-order valence-corrected chi connectivity index (χ2v) is 7.81. The Hall–Kier alpha value is -1.91. The Balaban J connectivity index is 1.95. The summed E-state index contributed by atoms with van der Waals surface area (Å²) in [7, 11) is 0. The van der Waals surface area contributed by atoms with E-state index in [-0.39, 0.29) is 36.0 Å². The van der Waals surface area contributed by atoms with Gasteiger partial charge in [0.2, 0.25) is 11.8 Å². The zero-order chi connectivity index (χ0) is 19.8. The van der Waals surface area contributed by atoms with Crippen molar-refractivity contribution in [3.05, 3.63) is 35.6 Å². The highest BCUT2D eigenvalue weighted by Gasteiger charge is 2.31. The quantitative estimate of drug-likeness (QED) is 0.643. The first-order chi connectivity index (χ1) is 12.9. The Morgan fingerprint density at radius 1 is 1.22 bits per heavy atom. The van der Waals surface area contributed by atoms with Crippen molar-refractivity contribution in [2.75, 3.05) is 19.6 Å². The number of hydrogen-bond donors (Lipinski definition) is 0. The van der Waals surface area contributed by atoms with Gasteiger partial charge in [0.15, 0.2) is 0 Å². The molecule has 0 aliphatic carbocycles. The Kier molecular flexibility index (Phi) is 8.26. The van der Waals surface area contributed by atoms with Crippen molar-refractivity contribution in [1.82, 2.24) is 9.80 Å². The molecule has 1 saturated heterocycles. The van der Waals surface area contributed by atoms with Crippen LogP contribution in [0.3, 0.4) is 0 Å². The minimum absolute atomic E-state index is 0.0150. The van der Waals surface area contributed by atoms with Gasteiger partial charge >= 0.3 is 0 Å². The topological polar surface area (TPSA) is 40.6 Å². The molecule has 0 bridgehead atoms. The summed E-state index contributed by atoms with van der Waals surface area (Å²) in [6.45, 7) is 8.27. The molecule has 0 radical (unpaired) electrons. The summed E-state index contributed by atoms with van der Waals surface area (Å²) in [6.07, 6.45) is 5.24. The van der Waals surface area contributed by atoms with Gasteiger partial charge in [-0.05, 0) is 50.8 Å². The summed E-state index contributed by atoms with van der Waals surface area (Å²) >= 11 is 0. The van der Waals surface area contributed by atoms with Crippen LogP contribution in [0.15, 0.2) is 24.3 Å². The molecular weight excluding hydrogens is 343 g/mol. The fourth-order valence-electron chi connectivity index (χ4n) is 3.68. The average molecular weight is 377 g/mol. The maximum Gasteiger partial charge on any atom is 0.227 e. The molecule has 1 fully saturated rings. The molecule has 2 rings (SSSR count). The molecule has 0 saturated carbocycles. The van der Waals surface area contributed by atoms with Gasteiger partial charge in [-0.25, -0.2) is 4.39 Å². The number of piperidine rings is 1. The van der Waals surface area contributed by atoms with E-state index in [1.807, 2.05) is 4.90 Å². The third-order valence-corrected chi connectivity index (χ3v) is 5.30. The molecule has 1 unspecified atom stereocenters. The van der Waals surface area contributed by atoms with Crippen LogP contribution in [0.5, 0.6) is 0 Å². The van der Waals surface area contributed by atoms with Crippen LogP contribution in [-0.2, 0) is 16.0 Å². The van der Waals surface area contributed by atoms with Crippen molar-refractivity contribution in [1.29, 1.82) is 0 Å². The molecular formula is C22H33FN2O2. The zero-order valence-electron chi connectivity index (χ0n) is 16.9. The van der Waals surface area contributed by atoms with Gasteiger partial charge in [-0.15, -0.1) is 0 Å². The van der Waals surface area contributed by atoms with Crippen LogP contribution in [0.25, 0.3) is 0 Å². The monoisotopic (exact) mass is 376 g/mol. The number of rotatable bonds is 8. The van der Waals surface area contributed by atoms with Crippen LogP contribution in [0.1, 0.15) is 58.4 Å². The van der Waals surface area contributed by atoms with Crippen molar-refractivity contribution in [2.24, 2.45) is 5.92 Å². The van der Waals surface area contributed by atoms with Gasteiger partial charge in [0.05, 0.1) is 12.3 Å². The SMILES string of the molecule is CCCCCN(C(=O)C1CCCN(C(=O)Cc2ccc(F)cc2)C1)C(C)C. The van der Waals surface area contributed by atoms with E-state index in [1.165, 1.54) is 12.1 Å². The molecule has 150 valence electrons. The maximum absolute atomic E-state index is 13.0.